The fraction of sp³-hybridized carbons (Fsp3) is 0.0952. The Morgan fingerprint density at radius 3 is 2.54 bits per heavy atom. The first-order valence-corrected chi connectivity index (χ1v) is 8.88. The van der Waals surface area contributed by atoms with E-state index in [1.807, 2.05) is 30.3 Å². The molecule has 0 amide bonds. The maximum atomic E-state index is 12.6. The Balaban J connectivity index is 1.78. The maximum absolute atomic E-state index is 12.6. The Morgan fingerprint density at radius 2 is 1.75 bits per heavy atom. The molecule has 1 heterocycles. The highest BCUT2D eigenvalue weighted by molar-refractivity contribution is 8.03. The third-order valence-corrected chi connectivity index (χ3v) is 5.34. The molecular formula is C21H17NOS. The maximum Gasteiger partial charge on any atom is 0.188 e. The SMILES string of the molecule is CCN1C(=CC(=O)c2ccccc2)Sc2ccc3ccccc3c21. The van der Waals surface area contributed by atoms with Crippen molar-refractivity contribution in [2.45, 2.75) is 11.8 Å². The number of ketones is 1. The molecule has 24 heavy (non-hydrogen) atoms. The number of hydrogen-bond acceptors (Lipinski definition) is 3. The van der Waals surface area contributed by atoms with Gasteiger partial charge in [-0.25, -0.2) is 0 Å². The van der Waals surface area contributed by atoms with Crippen LogP contribution in [0.5, 0.6) is 0 Å². The Morgan fingerprint density at radius 1 is 1.00 bits per heavy atom. The van der Waals surface area contributed by atoms with Crippen LogP contribution in [0.2, 0.25) is 0 Å². The Bertz CT molecular complexity index is 946. The van der Waals surface area contributed by atoms with Gasteiger partial charge in [0, 0.05) is 28.5 Å². The zero-order valence-electron chi connectivity index (χ0n) is 13.4. The summed E-state index contributed by atoms with van der Waals surface area (Å²) in [6.07, 6.45) is 1.76. The van der Waals surface area contributed by atoms with Gasteiger partial charge in [0.2, 0.25) is 0 Å². The van der Waals surface area contributed by atoms with E-state index in [-0.39, 0.29) is 5.78 Å². The monoisotopic (exact) mass is 331 g/mol. The van der Waals surface area contributed by atoms with Crippen molar-refractivity contribution in [3.63, 3.8) is 0 Å². The predicted octanol–water partition coefficient (Wildman–Crippen LogP) is 5.50. The number of allylic oxidation sites excluding steroid dienone is 1. The first kappa shape index (κ1) is 15.0. The van der Waals surface area contributed by atoms with Gasteiger partial charge in [0.15, 0.2) is 5.78 Å². The van der Waals surface area contributed by atoms with E-state index in [2.05, 4.69) is 48.2 Å². The number of anilines is 1. The number of benzene rings is 3. The van der Waals surface area contributed by atoms with Crippen LogP contribution in [0.25, 0.3) is 10.8 Å². The first-order valence-electron chi connectivity index (χ1n) is 8.06. The second kappa shape index (κ2) is 6.17. The van der Waals surface area contributed by atoms with Gasteiger partial charge in [0.25, 0.3) is 0 Å². The molecular weight excluding hydrogens is 314 g/mol. The zero-order valence-corrected chi connectivity index (χ0v) is 14.2. The summed E-state index contributed by atoms with van der Waals surface area (Å²) in [7, 11) is 0. The van der Waals surface area contributed by atoms with Crippen molar-refractivity contribution in [3.05, 3.63) is 83.4 Å². The van der Waals surface area contributed by atoms with Crippen LogP contribution in [-0.4, -0.2) is 12.3 Å². The van der Waals surface area contributed by atoms with Gasteiger partial charge in [0.1, 0.15) is 0 Å². The highest BCUT2D eigenvalue weighted by Gasteiger charge is 2.26. The summed E-state index contributed by atoms with van der Waals surface area (Å²) in [4.78, 5) is 16.0. The number of nitrogens with zero attached hydrogens (tertiary/aromatic N) is 1. The van der Waals surface area contributed by atoms with Gasteiger partial charge < -0.3 is 4.90 Å². The van der Waals surface area contributed by atoms with Crippen LogP contribution in [0.1, 0.15) is 17.3 Å². The third-order valence-electron chi connectivity index (χ3n) is 4.24. The standard InChI is InChI=1S/C21H17NOS/c1-2-22-20(14-18(23)16-9-4-3-5-10-16)24-19-13-12-15-8-6-7-11-17(15)21(19)22/h3-14H,2H2,1H3. The van der Waals surface area contributed by atoms with E-state index in [1.54, 1.807) is 17.8 Å². The number of carbonyl (C=O) groups is 1. The van der Waals surface area contributed by atoms with Crippen LogP contribution in [0, 0.1) is 0 Å². The molecule has 1 aliphatic rings. The minimum absolute atomic E-state index is 0.0497. The smallest absolute Gasteiger partial charge is 0.188 e. The third kappa shape index (κ3) is 2.51. The van der Waals surface area contributed by atoms with E-state index >= 15 is 0 Å². The summed E-state index contributed by atoms with van der Waals surface area (Å²) in [6, 6.07) is 22.1. The molecule has 0 bridgehead atoms. The molecule has 3 heteroatoms. The lowest BCUT2D eigenvalue weighted by Gasteiger charge is -2.19. The van der Waals surface area contributed by atoms with Crippen LogP contribution in [0.4, 0.5) is 5.69 Å². The van der Waals surface area contributed by atoms with Gasteiger partial charge in [0.05, 0.1) is 10.7 Å². The molecule has 2 nitrogen and oxygen atoms in total. The normalized spacial score (nSPS) is 15.0. The molecule has 3 aromatic rings. The topological polar surface area (TPSA) is 20.3 Å². The minimum atomic E-state index is 0.0497. The lowest BCUT2D eigenvalue weighted by molar-refractivity contribution is 0.104. The van der Waals surface area contributed by atoms with Gasteiger partial charge in [-0.2, -0.15) is 0 Å². The van der Waals surface area contributed by atoms with Crippen molar-refractivity contribution in [1.29, 1.82) is 0 Å². The van der Waals surface area contributed by atoms with Gasteiger partial charge in [-0.05, 0) is 18.4 Å². The average Bonchev–Trinajstić information content (AvgIpc) is 3.00. The molecule has 118 valence electrons. The number of hydrogen-bond donors (Lipinski definition) is 0. The zero-order chi connectivity index (χ0) is 16.5. The van der Waals surface area contributed by atoms with Crippen molar-refractivity contribution in [2.75, 3.05) is 11.4 Å². The van der Waals surface area contributed by atoms with E-state index in [1.165, 1.54) is 21.4 Å². The van der Waals surface area contributed by atoms with Crippen LogP contribution >= 0.6 is 11.8 Å². The quantitative estimate of drug-likeness (QED) is 0.467. The summed E-state index contributed by atoms with van der Waals surface area (Å²) < 4.78 is 0. The summed E-state index contributed by atoms with van der Waals surface area (Å²) in [5.74, 6) is 0.0497. The summed E-state index contributed by atoms with van der Waals surface area (Å²) in [6.45, 7) is 2.96. The molecule has 0 aliphatic carbocycles. The van der Waals surface area contributed by atoms with E-state index < -0.39 is 0 Å². The van der Waals surface area contributed by atoms with Crippen molar-refractivity contribution in [2.24, 2.45) is 0 Å². The lowest BCUT2D eigenvalue weighted by atomic mass is 10.1. The Kier molecular flexibility index (Phi) is 3.87. The van der Waals surface area contributed by atoms with E-state index in [4.69, 9.17) is 0 Å². The first-order chi connectivity index (χ1) is 11.8. The number of thioether (sulfide) groups is 1. The number of rotatable bonds is 3. The van der Waals surface area contributed by atoms with Crippen molar-refractivity contribution >= 4 is 34.0 Å². The van der Waals surface area contributed by atoms with Gasteiger partial charge in [-0.3, -0.25) is 4.79 Å². The summed E-state index contributed by atoms with van der Waals surface area (Å²) in [5.41, 5.74) is 1.94. The molecule has 0 aromatic heterocycles. The summed E-state index contributed by atoms with van der Waals surface area (Å²) >= 11 is 1.67. The number of fused-ring (bicyclic) bond motifs is 3. The highest BCUT2D eigenvalue weighted by atomic mass is 32.2. The van der Waals surface area contributed by atoms with Crippen LogP contribution in [0.3, 0.4) is 0 Å². The largest absolute Gasteiger partial charge is 0.335 e. The molecule has 1 aliphatic heterocycles. The molecule has 0 radical (unpaired) electrons. The van der Waals surface area contributed by atoms with Gasteiger partial charge in [-0.1, -0.05) is 72.4 Å². The minimum Gasteiger partial charge on any atom is -0.335 e. The second-order valence-corrected chi connectivity index (χ2v) is 6.75. The van der Waals surface area contributed by atoms with Gasteiger partial charge >= 0.3 is 0 Å². The molecule has 3 aromatic carbocycles. The fourth-order valence-corrected chi connectivity index (χ4v) is 4.27. The van der Waals surface area contributed by atoms with E-state index in [9.17, 15) is 4.79 Å². The van der Waals surface area contributed by atoms with E-state index in [0.717, 1.165) is 17.1 Å². The second-order valence-electron chi connectivity index (χ2n) is 5.69. The summed E-state index contributed by atoms with van der Waals surface area (Å²) in [5, 5.41) is 3.46. The van der Waals surface area contributed by atoms with E-state index in [0.29, 0.717) is 0 Å². The molecule has 0 fully saturated rings. The molecule has 0 N–H and O–H groups in total. The Labute approximate surface area is 145 Å². The van der Waals surface area contributed by atoms with Crippen molar-refractivity contribution < 1.29 is 4.79 Å². The molecule has 4 rings (SSSR count). The van der Waals surface area contributed by atoms with Crippen molar-refractivity contribution in [3.8, 4) is 0 Å². The van der Waals surface area contributed by atoms with Crippen LogP contribution < -0.4 is 4.90 Å². The molecule has 0 saturated heterocycles. The van der Waals surface area contributed by atoms with Crippen LogP contribution in [0.15, 0.2) is 82.7 Å². The lowest BCUT2D eigenvalue weighted by Crippen LogP contribution is -2.17. The molecule has 0 saturated carbocycles. The molecule has 0 spiro atoms. The van der Waals surface area contributed by atoms with Gasteiger partial charge in [-0.15, -0.1) is 0 Å². The highest BCUT2D eigenvalue weighted by Crippen LogP contribution is 2.49. The number of carbonyl (C=O) groups excluding carboxylic acids is 1. The van der Waals surface area contributed by atoms with Crippen LogP contribution in [-0.2, 0) is 0 Å². The molecule has 0 unspecified atom stereocenters. The Hall–Kier alpha value is -2.52. The fourth-order valence-electron chi connectivity index (χ4n) is 3.09. The molecule has 0 atom stereocenters. The average molecular weight is 331 g/mol. The van der Waals surface area contributed by atoms with Crippen molar-refractivity contribution in [1.82, 2.24) is 0 Å². The predicted molar refractivity (Wildman–Crippen MR) is 102 cm³/mol.